The normalized spacial score (nSPS) is 10.6. The minimum absolute atomic E-state index is 0.525. The lowest BCUT2D eigenvalue weighted by atomic mass is 10.0. The fraction of sp³-hybridized carbons (Fsp3) is 0. The topological polar surface area (TPSA) is 64.7 Å². The van der Waals surface area contributed by atoms with Crippen molar-refractivity contribution in [3.63, 3.8) is 0 Å². The highest BCUT2D eigenvalue weighted by Crippen LogP contribution is 2.31. The van der Waals surface area contributed by atoms with Crippen LogP contribution in [0.1, 0.15) is 0 Å². The zero-order valence-electron chi connectivity index (χ0n) is 13.5. The SMILES string of the molecule is Nc1ccccc1-c1nnc(-c2ccccc2)c(-c2ccccc2)n1. The molecule has 2 N–H and O–H groups in total. The van der Waals surface area contributed by atoms with Crippen molar-refractivity contribution in [2.24, 2.45) is 0 Å². The summed E-state index contributed by atoms with van der Waals surface area (Å²) in [7, 11) is 0. The molecule has 0 bridgehead atoms. The van der Waals surface area contributed by atoms with Crippen LogP contribution in [0.2, 0.25) is 0 Å². The summed E-state index contributed by atoms with van der Waals surface area (Å²) in [5, 5.41) is 8.81. The minimum atomic E-state index is 0.525. The Hall–Kier alpha value is -3.53. The number of hydrogen-bond acceptors (Lipinski definition) is 4. The Kier molecular flexibility index (Phi) is 3.92. The molecule has 4 heteroatoms. The first kappa shape index (κ1) is 15.0. The molecule has 120 valence electrons. The molecule has 0 atom stereocenters. The van der Waals surface area contributed by atoms with Crippen LogP contribution in [0, 0.1) is 0 Å². The molecule has 0 aliphatic heterocycles. The van der Waals surface area contributed by atoms with Gasteiger partial charge in [-0.2, -0.15) is 0 Å². The first-order valence-electron chi connectivity index (χ1n) is 8.03. The molecule has 0 aliphatic carbocycles. The van der Waals surface area contributed by atoms with Crippen molar-refractivity contribution < 1.29 is 0 Å². The molecule has 0 spiro atoms. The molecule has 0 saturated carbocycles. The molecule has 1 aromatic heterocycles. The van der Waals surface area contributed by atoms with Gasteiger partial charge in [0.2, 0.25) is 0 Å². The summed E-state index contributed by atoms with van der Waals surface area (Å²) in [4.78, 5) is 4.80. The lowest BCUT2D eigenvalue weighted by molar-refractivity contribution is 0.992. The molecular formula is C21H16N4. The van der Waals surface area contributed by atoms with Crippen molar-refractivity contribution in [3.05, 3.63) is 84.9 Å². The molecule has 0 aliphatic rings. The Bertz CT molecular complexity index is 999. The Labute approximate surface area is 146 Å². The van der Waals surface area contributed by atoms with Gasteiger partial charge in [-0.05, 0) is 12.1 Å². The lowest BCUT2D eigenvalue weighted by Gasteiger charge is -2.10. The summed E-state index contributed by atoms with van der Waals surface area (Å²) in [6, 6.07) is 27.5. The first-order valence-corrected chi connectivity index (χ1v) is 8.03. The molecule has 1 heterocycles. The number of aromatic nitrogens is 3. The van der Waals surface area contributed by atoms with Crippen LogP contribution in [0.4, 0.5) is 5.69 Å². The van der Waals surface area contributed by atoms with Crippen LogP contribution in [-0.2, 0) is 0 Å². The van der Waals surface area contributed by atoms with E-state index in [2.05, 4.69) is 10.2 Å². The van der Waals surface area contributed by atoms with Crippen LogP contribution in [0.3, 0.4) is 0 Å². The van der Waals surface area contributed by atoms with E-state index in [9.17, 15) is 0 Å². The number of nitrogen functional groups attached to an aromatic ring is 1. The second-order valence-electron chi connectivity index (χ2n) is 5.65. The van der Waals surface area contributed by atoms with E-state index in [0.29, 0.717) is 11.5 Å². The van der Waals surface area contributed by atoms with E-state index < -0.39 is 0 Å². The number of rotatable bonds is 3. The monoisotopic (exact) mass is 324 g/mol. The summed E-state index contributed by atoms with van der Waals surface area (Å²) in [6.07, 6.45) is 0. The third-order valence-corrected chi connectivity index (χ3v) is 3.98. The predicted molar refractivity (Wildman–Crippen MR) is 101 cm³/mol. The largest absolute Gasteiger partial charge is 0.398 e. The number of para-hydroxylation sites is 1. The van der Waals surface area contributed by atoms with Crippen LogP contribution in [0.5, 0.6) is 0 Å². The zero-order chi connectivity index (χ0) is 17.1. The van der Waals surface area contributed by atoms with Crippen molar-refractivity contribution in [2.45, 2.75) is 0 Å². The van der Waals surface area contributed by atoms with Crippen LogP contribution < -0.4 is 5.73 Å². The average Bonchev–Trinajstić information content (AvgIpc) is 2.69. The van der Waals surface area contributed by atoms with E-state index in [4.69, 9.17) is 10.7 Å². The van der Waals surface area contributed by atoms with Crippen LogP contribution in [-0.4, -0.2) is 15.2 Å². The van der Waals surface area contributed by atoms with Gasteiger partial charge in [-0.1, -0.05) is 72.8 Å². The standard InChI is InChI=1S/C21H16N4/c22-18-14-8-7-13-17(18)21-23-19(15-9-3-1-4-10-15)20(24-25-21)16-11-5-2-6-12-16/h1-14H,22H2. The molecule has 0 unspecified atom stereocenters. The van der Waals surface area contributed by atoms with Crippen LogP contribution >= 0.6 is 0 Å². The maximum atomic E-state index is 6.08. The van der Waals surface area contributed by atoms with Gasteiger partial charge in [0.25, 0.3) is 0 Å². The Morgan fingerprint density at radius 3 is 1.76 bits per heavy atom. The zero-order valence-corrected chi connectivity index (χ0v) is 13.5. The minimum Gasteiger partial charge on any atom is -0.398 e. The van der Waals surface area contributed by atoms with E-state index in [1.165, 1.54) is 0 Å². The number of anilines is 1. The van der Waals surface area contributed by atoms with Crippen LogP contribution in [0.25, 0.3) is 33.9 Å². The maximum absolute atomic E-state index is 6.08. The summed E-state index contributed by atoms with van der Waals surface area (Å²) >= 11 is 0. The molecule has 25 heavy (non-hydrogen) atoms. The van der Waals surface area contributed by atoms with Crippen molar-refractivity contribution in [2.75, 3.05) is 5.73 Å². The Balaban J connectivity index is 1.94. The second kappa shape index (κ2) is 6.53. The van der Waals surface area contributed by atoms with Crippen molar-refractivity contribution in [3.8, 4) is 33.9 Å². The van der Waals surface area contributed by atoms with Gasteiger partial charge in [0, 0.05) is 22.4 Å². The molecule has 0 fully saturated rings. The van der Waals surface area contributed by atoms with E-state index in [1.807, 2.05) is 84.9 Å². The molecule has 0 amide bonds. The third kappa shape index (κ3) is 2.97. The quantitative estimate of drug-likeness (QED) is 0.565. The summed E-state index contributed by atoms with van der Waals surface area (Å²) in [5.41, 5.74) is 11.0. The van der Waals surface area contributed by atoms with Gasteiger partial charge < -0.3 is 5.73 Å². The molecule has 4 rings (SSSR count). The van der Waals surface area contributed by atoms with Gasteiger partial charge in [0.15, 0.2) is 5.82 Å². The van der Waals surface area contributed by atoms with Gasteiger partial charge in [-0.25, -0.2) is 4.98 Å². The maximum Gasteiger partial charge on any atom is 0.184 e. The van der Waals surface area contributed by atoms with E-state index in [-0.39, 0.29) is 0 Å². The molecule has 3 aromatic carbocycles. The van der Waals surface area contributed by atoms with Crippen molar-refractivity contribution in [1.29, 1.82) is 0 Å². The number of benzene rings is 3. The molecule has 4 nitrogen and oxygen atoms in total. The average molecular weight is 324 g/mol. The van der Waals surface area contributed by atoms with Crippen molar-refractivity contribution >= 4 is 5.69 Å². The molecule has 4 aromatic rings. The van der Waals surface area contributed by atoms with E-state index in [1.54, 1.807) is 0 Å². The van der Waals surface area contributed by atoms with Gasteiger partial charge in [-0.3, -0.25) is 0 Å². The second-order valence-corrected chi connectivity index (χ2v) is 5.65. The number of hydrogen-bond donors (Lipinski definition) is 1. The Morgan fingerprint density at radius 2 is 1.12 bits per heavy atom. The van der Waals surface area contributed by atoms with Gasteiger partial charge in [0.05, 0.1) is 0 Å². The molecule has 0 saturated heterocycles. The van der Waals surface area contributed by atoms with Crippen molar-refractivity contribution in [1.82, 2.24) is 15.2 Å². The number of nitrogens with zero attached hydrogens (tertiary/aromatic N) is 3. The predicted octanol–water partition coefficient (Wildman–Crippen LogP) is 4.45. The fourth-order valence-electron chi connectivity index (χ4n) is 2.73. The highest BCUT2D eigenvalue weighted by Gasteiger charge is 2.15. The summed E-state index contributed by atoms with van der Waals surface area (Å²) in [6.45, 7) is 0. The fourth-order valence-corrected chi connectivity index (χ4v) is 2.73. The van der Waals surface area contributed by atoms with Crippen LogP contribution in [0.15, 0.2) is 84.9 Å². The van der Waals surface area contributed by atoms with Gasteiger partial charge in [0.1, 0.15) is 11.4 Å². The van der Waals surface area contributed by atoms with E-state index in [0.717, 1.165) is 28.1 Å². The first-order chi connectivity index (χ1) is 12.3. The summed E-state index contributed by atoms with van der Waals surface area (Å²) in [5.74, 6) is 0.525. The highest BCUT2D eigenvalue weighted by atomic mass is 15.2. The smallest absolute Gasteiger partial charge is 0.184 e. The van der Waals surface area contributed by atoms with Gasteiger partial charge in [-0.15, -0.1) is 10.2 Å². The highest BCUT2D eigenvalue weighted by molar-refractivity contribution is 5.80. The Morgan fingerprint density at radius 1 is 0.560 bits per heavy atom. The molecule has 0 radical (unpaired) electrons. The van der Waals surface area contributed by atoms with Gasteiger partial charge >= 0.3 is 0 Å². The number of nitrogens with two attached hydrogens (primary N) is 1. The third-order valence-electron chi connectivity index (χ3n) is 3.98. The van der Waals surface area contributed by atoms with E-state index >= 15 is 0 Å². The summed E-state index contributed by atoms with van der Waals surface area (Å²) < 4.78 is 0. The lowest BCUT2D eigenvalue weighted by Crippen LogP contribution is -2.01. The molecular weight excluding hydrogens is 308 g/mol.